The van der Waals surface area contributed by atoms with Crippen molar-refractivity contribution in [1.29, 1.82) is 0 Å². The summed E-state index contributed by atoms with van der Waals surface area (Å²) in [6.45, 7) is 6.76. The van der Waals surface area contributed by atoms with Gasteiger partial charge in [-0.1, -0.05) is 0 Å². The monoisotopic (exact) mass is 304 g/mol. The number of aryl methyl sites for hydroxylation is 1. The Hall–Kier alpha value is -0.890. The molecule has 1 aromatic heterocycles. The topological polar surface area (TPSA) is 94.6 Å². The number of rotatable bonds is 9. The van der Waals surface area contributed by atoms with Crippen LogP contribution >= 0.6 is 0 Å². The van der Waals surface area contributed by atoms with E-state index < -0.39 is 10.0 Å². The molecule has 6 nitrogen and oxygen atoms in total. The van der Waals surface area contributed by atoms with Gasteiger partial charge in [0.05, 0.1) is 12.6 Å². The average molecular weight is 304 g/mol. The van der Waals surface area contributed by atoms with Gasteiger partial charge in [-0.15, -0.1) is 0 Å². The van der Waals surface area contributed by atoms with E-state index in [0.717, 1.165) is 12.8 Å². The van der Waals surface area contributed by atoms with Crippen molar-refractivity contribution in [3.8, 4) is 0 Å². The Morgan fingerprint density at radius 3 is 2.65 bits per heavy atom. The van der Waals surface area contributed by atoms with Gasteiger partial charge < -0.3 is 14.9 Å². The van der Waals surface area contributed by atoms with Crippen LogP contribution in [0.4, 0.5) is 0 Å². The van der Waals surface area contributed by atoms with Crippen molar-refractivity contribution in [2.45, 2.75) is 51.2 Å². The minimum absolute atomic E-state index is 0.163. The summed E-state index contributed by atoms with van der Waals surface area (Å²) in [7, 11) is -3.52. The van der Waals surface area contributed by atoms with Crippen LogP contribution in [0.2, 0.25) is 0 Å². The van der Waals surface area contributed by atoms with Crippen molar-refractivity contribution >= 4 is 10.0 Å². The van der Waals surface area contributed by atoms with Crippen LogP contribution in [0.15, 0.2) is 15.4 Å². The summed E-state index contributed by atoms with van der Waals surface area (Å²) in [5.41, 5.74) is 5.43. The SMILES string of the molecule is Cc1oc(CN)cc1S(=O)(=O)NCCCCOC(C)C. The van der Waals surface area contributed by atoms with Gasteiger partial charge >= 0.3 is 0 Å². The second-order valence-electron chi connectivity index (χ2n) is 4.86. The lowest BCUT2D eigenvalue weighted by Gasteiger charge is -2.08. The Bertz CT molecular complexity index is 508. The Morgan fingerprint density at radius 1 is 1.40 bits per heavy atom. The molecule has 0 fully saturated rings. The van der Waals surface area contributed by atoms with Crippen molar-refractivity contribution in [2.75, 3.05) is 13.2 Å². The van der Waals surface area contributed by atoms with Gasteiger partial charge in [-0.25, -0.2) is 13.1 Å². The highest BCUT2D eigenvalue weighted by molar-refractivity contribution is 7.89. The lowest BCUT2D eigenvalue weighted by molar-refractivity contribution is 0.0762. The van der Waals surface area contributed by atoms with Crippen molar-refractivity contribution in [3.63, 3.8) is 0 Å². The summed E-state index contributed by atoms with van der Waals surface area (Å²) in [4.78, 5) is 0.163. The van der Waals surface area contributed by atoms with E-state index in [1.807, 2.05) is 13.8 Å². The summed E-state index contributed by atoms with van der Waals surface area (Å²) in [5, 5.41) is 0. The second kappa shape index (κ2) is 7.78. The zero-order chi connectivity index (χ0) is 15.2. The molecule has 3 N–H and O–H groups in total. The first-order chi connectivity index (χ1) is 9.36. The minimum Gasteiger partial charge on any atom is -0.464 e. The van der Waals surface area contributed by atoms with Crippen LogP contribution in [0.1, 0.15) is 38.2 Å². The van der Waals surface area contributed by atoms with Crippen LogP contribution in [0.3, 0.4) is 0 Å². The smallest absolute Gasteiger partial charge is 0.244 e. The molecule has 116 valence electrons. The van der Waals surface area contributed by atoms with E-state index in [1.54, 1.807) is 6.92 Å². The van der Waals surface area contributed by atoms with E-state index in [0.29, 0.717) is 24.7 Å². The Morgan fingerprint density at radius 2 is 2.10 bits per heavy atom. The number of hydrogen-bond acceptors (Lipinski definition) is 5. The van der Waals surface area contributed by atoms with E-state index in [-0.39, 0.29) is 17.5 Å². The molecule has 0 radical (unpaired) electrons. The number of ether oxygens (including phenoxy) is 1. The first-order valence-corrected chi connectivity index (χ1v) is 8.25. The van der Waals surface area contributed by atoms with Crippen LogP contribution in [-0.2, 0) is 21.3 Å². The van der Waals surface area contributed by atoms with Crippen LogP contribution < -0.4 is 10.5 Å². The van der Waals surface area contributed by atoms with Crippen LogP contribution in [0.25, 0.3) is 0 Å². The van der Waals surface area contributed by atoms with E-state index in [2.05, 4.69) is 4.72 Å². The highest BCUT2D eigenvalue weighted by Crippen LogP contribution is 2.19. The first kappa shape index (κ1) is 17.2. The van der Waals surface area contributed by atoms with Gasteiger partial charge in [0.15, 0.2) is 0 Å². The zero-order valence-electron chi connectivity index (χ0n) is 12.3. The van der Waals surface area contributed by atoms with E-state index in [9.17, 15) is 8.42 Å². The van der Waals surface area contributed by atoms with E-state index >= 15 is 0 Å². The van der Waals surface area contributed by atoms with Gasteiger partial charge in [0.2, 0.25) is 10.0 Å². The molecule has 0 aliphatic rings. The number of furan rings is 1. The Labute approximate surface area is 120 Å². The summed E-state index contributed by atoms with van der Waals surface area (Å²) in [5.74, 6) is 0.828. The maximum atomic E-state index is 12.1. The third-order valence-electron chi connectivity index (χ3n) is 2.73. The standard InChI is InChI=1S/C13H24N2O4S/c1-10(2)18-7-5-4-6-15-20(16,17)13-8-12(9-14)19-11(13)3/h8,10,15H,4-7,9,14H2,1-3H3. The molecule has 0 bridgehead atoms. The largest absolute Gasteiger partial charge is 0.464 e. The molecule has 0 unspecified atom stereocenters. The molecule has 0 saturated carbocycles. The van der Waals surface area contributed by atoms with Crippen molar-refractivity contribution in [3.05, 3.63) is 17.6 Å². The van der Waals surface area contributed by atoms with Gasteiger partial charge in [0.25, 0.3) is 0 Å². The number of sulfonamides is 1. The summed E-state index contributed by atoms with van der Waals surface area (Å²) in [6, 6.07) is 1.47. The number of nitrogens with two attached hydrogens (primary N) is 1. The van der Waals surface area contributed by atoms with E-state index in [4.69, 9.17) is 14.9 Å². The molecular formula is C13H24N2O4S. The minimum atomic E-state index is -3.52. The highest BCUT2D eigenvalue weighted by atomic mass is 32.2. The number of nitrogens with one attached hydrogen (secondary N) is 1. The van der Waals surface area contributed by atoms with Gasteiger partial charge in [0.1, 0.15) is 16.4 Å². The molecule has 1 rings (SSSR count). The van der Waals surface area contributed by atoms with Crippen LogP contribution in [0.5, 0.6) is 0 Å². The summed E-state index contributed by atoms with van der Waals surface area (Å²) < 4.78 is 37.4. The van der Waals surface area contributed by atoms with Crippen molar-refractivity contribution in [2.24, 2.45) is 5.73 Å². The Balaban J connectivity index is 2.43. The fraction of sp³-hybridized carbons (Fsp3) is 0.692. The third-order valence-corrected chi connectivity index (χ3v) is 4.30. The van der Waals surface area contributed by atoms with E-state index in [1.165, 1.54) is 6.07 Å². The Kier molecular flexibility index (Phi) is 6.67. The molecule has 0 spiro atoms. The predicted molar refractivity (Wildman–Crippen MR) is 76.8 cm³/mol. The van der Waals surface area contributed by atoms with Gasteiger partial charge in [0, 0.05) is 19.2 Å². The molecule has 0 amide bonds. The fourth-order valence-corrected chi connectivity index (χ4v) is 3.00. The highest BCUT2D eigenvalue weighted by Gasteiger charge is 2.20. The molecule has 0 atom stereocenters. The molecule has 0 saturated heterocycles. The molecule has 7 heteroatoms. The molecule has 0 aliphatic carbocycles. The average Bonchev–Trinajstić information content (AvgIpc) is 2.75. The van der Waals surface area contributed by atoms with Crippen molar-refractivity contribution < 1.29 is 17.6 Å². The maximum absolute atomic E-state index is 12.1. The summed E-state index contributed by atoms with van der Waals surface area (Å²) in [6.07, 6.45) is 1.75. The normalized spacial score (nSPS) is 12.2. The lowest BCUT2D eigenvalue weighted by atomic mass is 10.3. The molecule has 1 aromatic rings. The first-order valence-electron chi connectivity index (χ1n) is 6.77. The molecular weight excluding hydrogens is 280 g/mol. The van der Waals surface area contributed by atoms with Gasteiger partial charge in [-0.3, -0.25) is 0 Å². The maximum Gasteiger partial charge on any atom is 0.244 e. The van der Waals surface area contributed by atoms with Crippen LogP contribution in [0, 0.1) is 6.92 Å². The summed E-state index contributed by atoms with van der Waals surface area (Å²) >= 11 is 0. The quantitative estimate of drug-likeness (QED) is 0.675. The lowest BCUT2D eigenvalue weighted by Crippen LogP contribution is -2.25. The second-order valence-corrected chi connectivity index (χ2v) is 6.60. The third kappa shape index (κ3) is 5.24. The fourth-order valence-electron chi connectivity index (χ4n) is 1.72. The molecule has 0 aromatic carbocycles. The van der Waals surface area contributed by atoms with Gasteiger partial charge in [-0.2, -0.15) is 0 Å². The van der Waals surface area contributed by atoms with Crippen LogP contribution in [-0.4, -0.2) is 27.7 Å². The molecule has 1 heterocycles. The van der Waals surface area contributed by atoms with Crippen molar-refractivity contribution in [1.82, 2.24) is 4.72 Å². The molecule has 20 heavy (non-hydrogen) atoms. The van der Waals surface area contributed by atoms with Gasteiger partial charge in [-0.05, 0) is 33.6 Å². The zero-order valence-corrected chi connectivity index (χ0v) is 13.1. The molecule has 0 aliphatic heterocycles. The number of hydrogen-bond donors (Lipinski definition) is 2. The number of unbranched alkanes of at least 4 members (excludes halogenated alkanes) is 1. The predicted octanol–water partition coefficient (Wildman–Crippen LogP) is 1.53.